The monoisotopic (exact) mass is 287 g/mol. The van der Waals surface area contributed by atoms with Gasteiger partial charge in [-0.1, -0.05) is 0 Å². The molecule has 0 aliphatic rings. The maximum atomic E-state index is 9.70. The second-order valence-corrected chi connectivity index (χ2v) is 5.26. The minimum Gasteiger partial charge on any atom is -0.391 e. The van der Waals surface area contributed by atoms with Crippen LogP contribution in [0.25, 0.3) is 0 Å². The highest BCUT2D eigenvalue weighted by Gasteiger charge is 2.25. The molecule has 108 valence electrons. The van der Waals surface area contributed by atoms with E-state index in [1.54, 1.807) is 6.92 Å². The van der Waals surface area contributed by atoms with Crippen molar-refractivity contribution in [1.29, 1.82) is 0 Å². The Morgan fingerprint density at radius 2 is 1.84 bits per heavy atom. The summed E-state index contributed by atoms with van der Waals surface area (Å²) in [6, 6.07) is 0. The van der Waals surface area contributed by atoms with Crippen LogP contribution in [0.4, 0.5) is 11.9 Å². The zero-order valence-electron chi connectivity index (χ0n) is 12.1. The van der Waals surface area contributed by atoms with E-state index in [9.17, 15) is 5.11 Å². The average Bonchev–Trinajstić information content (AvgIpc) is 2.28. The van der Waals surface area contributed by atoms with Gasteiger partial charge in [0.25, 0.3) is 0 Å². The van der Waals surface area contributed by atoms with E-state index >= 15 is 0 Å². The zero-order valence-corrected chi connectivity index (χ0v) is 12.9. The van der Waals surface area contributed by atoms with Crippen molar-refractivity contribution in [3.8, 4) is 0 Å². The van der Waals surface area contributed by atoms with Gasteiger partial charge in [-0.05, 0) is 46.2 Å². The van der Waals surface area contributed by atoms with Gasteiger partial charge in [0.05, 0.1) is 11.6 Å². The molecule has 2 N–H and O–H groups in total. The van der Waals surface area contributed by atoms with E-state index in [0.717, 1.165) is 13.1 Å². The van der Waals surface area contributed by atoms with Gasteiger partial charge in [-0.15, -0.1) is 0 Å². The van der Waals surface area contributed by atoms with E-state index in [4.69, 9.17) is 11.6 Å². The van der Waals surface area contributed by atoms with Crippen molar-refractivity contribution in [2.24, 2.45) is 0 Å². The second kappa shape index (κ2) is 6.34. The molecule has 0 aliphatic heterocycles. The lowest BCUT2D eigenvalue weighted by molar-refractivity contribution is 0.132. The number of nitrogens with zero attached hydrogens (tertiary/aromatic N) is 4. The molecule has 0 aliphatic carbocycles. The van der Waals surface area contributed by atoms with Crippen LogP contribution in [0.5, 0.6) is 0 Å². The maximum Gasteiger partial charge on any atom is 0.231 e. The van der Waals surface area contributed by atoms with Gasteiger partial charge < -0.3 is 15.3 Å². The fourth-order valence-electron chi connectivity index (χ4n) is 1.44. The summed E-state index contributed by atoms with van der Waals surface area (Å²) in [7, 11) is 0. The third-order valence-corrected chi connectivity index (χ3v) is 3.29. The lowest BCUT2D eigenvalue weighted by Gasteiger charge is -2.29. The second-order valence-electron chi connectivity index (χ2n) is 4.92. The molecule has 6 nitrogen and oxygen atoms in total. The molecular formula is C12H22ClN5O. The van der Waals surface area contributed by atoms with Gasteiger partial charge >= 0.3 is 0 Å². The number of nitrogens with one attached hydrogen (secondary N) is 1. The molecule has 0 bridgehead atoms. The van der Waals surface area contributed by atoms with Crippen molar-refractivity contribution in [2.45, 2.75) is 46.3 Å². The number of halogens is 1. The fourth-order valence-corrected chi connectivity index (χ4v) is 1.59. The van der Waals surface area contributed by atoms with Crippen molar-refractivity contribution >= 4 is 23.5 Å². The Kier molecular flexibility index (Phi) is 5.31. The summed E-state index contributed by atoms with van der Waals surface area (Å²) in [5, 5.41) is 12.9. The molecule has 0 aromatic carbocycles. The Balaban J connectivity index is 3.03. The summed E-state index contributed by atoms with van der Waals surface area (Å²) in [4.78, 5) is 14.5. The highest BCUT2D eigenvalue weighted by molar-refractivity contribution is 6.28. The normalized spacial score (nSPS) is 13.2. The Morgan fingerprint density at radius 3 is 2.32 bits per heavy atom. The van der Waals surface area contributed by atoms with Crippen LogP contribution in [0, 0.1) is 0 Å². The van der Waals surface area contributed by atoms with Crippen molar-refractivity contribution < 1.29 is 5.11 Å². The van der Waals surface area contributed by atoms with Gasteiger partial charge in [0.15, 0.2) is 0 Å². The van der Waals surface area contributed by atoms with Crippen LogP contribution in [0.1, 0.15) is 34.6 Å². The quantitative estimate of drug-likeness (QED) is 0.833. The summed E-state index contributed by atoms with van der Waals surface area (Å²) < 4.78 is 0. The van der Waals surface area contributed by atoms with Gasteiger partial charge in [-0.25, -0.2) is 0 Å². The van der Waals surface area contributed by atoms with E-state index in [1.165, 1.54) is 0 Å². The molecule has 0 saturated heterocycles. The lowest BCUT2D eigenvalue weighted by Crippen LogP contribution is -2.42. The maximum absolute atomic E-state index is 9.70. The number of hydrogen-bond donors (Lipinski definition) is 2. The molecule has 0 amide bonds. The minimum atomic E-state index is -0.556. The molecule has 0 fully saturated rings. The first kappa shape index (κ1) is 15.9. The first-order valence-corrected chi connectivity index (χ1v) is 6.80. The molecule has 1 rings (SSSR count). The predicted molar refractivity (Wildman–Crippen MR) is 77.8 cm³/mol. The van der Waals surface area contributed by atoms with Gasteiger partial charge in [-0.2, -0.15) is 15.0 Å². The van der Waals surface area contributed by atoms with Crippen molar-refractivity contribution in [2.75, 3.05) is 23.3 Å². The van der Waals surface area contributed by atoms with Crippen LogP contribution in [0.2, 0.25) is 5.28 Å². The molecule has 0 radical (unpaired) electrons. The molecule has 1 aromatic rings. The van der Waals surface area contributed by atoms with E-state index in [1.807, 2.05) is 32.6 Å². The molecule has 1 heterocycles. The molecule has 0 saturated carbocycles. The van der Waals surface area contributed by atoms with E-state index in [2.05, 4.69) is 20.3 Å². The third kappa shape index (κ3) is 4.18. The van der Waals surface area contributed by atoms with Crippen LogP contribution >= 0.6 is 11.6 Å². The molecule has 0 spiro atoms. The van der Waals surface area contributed by atoms with E-state index < -0.39 is 11.6 Å². The predicted octanol–water partition coefficient (Wildman–Crippen LogP) is 1.94. The van der Waals surface area contributed by atoms with Crippen LogP contribution in [-0.2, 0) is 0 Å². The molecular weight excluding hydrogens is 266 g/mol. The number of rotatable bonds is 6. The first-order chi connectivity index (χ1) is 8.80. The minimum absolute atomic E-state index is 0.140. The largest absolute Gasteiger partial charge is 0.391 e. The molecule has 7 heteroatoms. The third-order valence-electron chi connectivity index (χ3n) is 3.12. The topological polar surface area (TPSA) is 74.2 Å². The fraction of sp³-hybridized carbons (Fsp3) is 0.750. The Morgan fingerprint density at radius 1 is 1.26 bits per heavy atom. The standard InChI is InChI=1S/C12H22ClN5O/c1-6-18(7-2)11-15-9(13)14-10(16-11)17-12(4,5)8(3)19/h8,19H,6-7H2,1-5H3,(H,14,15,16,17). The van der Waals surface area contributed by atoms with Crippen LogP contribution in [0.3, 0.4) is 0 Å². The lowest BCUT2D eigenvalue weighted by atomic mass is 9.99. The van der Waals surface area contributed by atoms with E-state index in [-0.39, 0.29) is 5.28 Å². The highest BCUT2D eigenvalue weighted by Crippen LogP contribution is 2.19. The van der Waals surface area contributed by atoms with Crippen molar-refractivity contribution in [3.05, 3.63) is 5.28 Å². The summed E-state index contributed by atoms with van der Waals surface area (Å²) in [5.41, 5.74) is -0.550. The number of aliphatic hydroxyl groups excluding tert-OH is 1. The van der Waals surface area contributed by atoms with Gasteiger partial charge in [0.1, 0.15) is 0 Å². The Hall–Kier alpha value is -1.14. The van der Waals surface area contributed by atoms with Crippen LogP contribution in [-0.4, -0.2) is 44.8 Å². The summed E-state index contributed by atoms with van der Waals surface area (Å²) >= 11 is 5.93. The van der Waals surface area contributed by atoms with Gasteiger partial charge in [-0.3, -0.25) is 0 Å². The van der Waals surface area contributed by atoms with E-state index in [0.29, 0.717) is 11.9 Å². The van der Waals surface area contributed by atoms with Crippen LogP contribution in [0.15, 0.2) is 0 Å². The Labute approximate surface area is 119 Å². The van der Waals surface area contributed by atoms with Gasteiger partial charge in [0.2, 0.25) is 17.2 Å². The summed E-state index contributed by atoms with van der Waals surface area (Å²) in [6.07, 6.45) is -0.556. The number of anilines is 2. The van der Waals surface area contributed by atoms with Crippen LogP contribution < -0.4 is 10.2 Å². The van der Waals surface area contributed by atoms with Crippen molar-refractivity contribution in [3.63, 3.8) is 0 Å². The molecule has 1 aromatic heterocycles. The first-order valence-electron chi connectivity index (χ1n) is 6.43. The number of aromatic nitrogens is 3. The Bertz CT molecular complexity index is 421. The summed E-state index contributed by atoms with van der Waals surface area (Å²) in [6.45, 7) is 11.1. The zero-order chi connectivity index (χ0) is 14.6. The number of aliphatic hydroxyl groups is 1. The average molecular weight is 288 g/mol. The molecule has 19 heavy (non-hydrogen) atoms. The van der Waals surface area contributed by atoms with Crippen molar-refractivity contribution in [1.82, 2.24) is 15.0 Å². The SMILES string of the molecule is CCN(CC)c1nc(Cl)nc(NC(C)(C)C(C)O)n1. The smallest absolute Gasteiger partial charge is 0.231 e. The number of hydrogen-bond acceptors (Lipinski definition) is 6. The highest BCUT2D eigenvalue weighted by atomic mass is 35.5. The van der Waals surface area contributed by atoms with Gasteiger partial charge in [0, 0.05) is 13.1 Å². The summed E-state index contributed by atoms with van der Waals surface area (Å²) in [5.74, 6) is 0.904. The molecule has 1 unspecified atom stereocenters. The molecule has 1 atom stereocenters.